The molecule has 0 aliphatic carbocycles. The summed E-state index contributed by atoms with van der Waals surface area (Å²) in [6.45, 7) is 2.45. The maximum Gasteiger partial charge on any atom is 0.441 e. The first-order chi connectivity index (χ1) is 13.1. The van der Waals surface area contributed by atoms with Gasteiger partial charge in [0.1, 0.15) is 11.5 Å². The van der Waals surface area contributed by atoms with E-state index in [0.29, 0.717) is 5.75 Å². The molecule has 1 heterocycles. The highest BCUT2D eigenvalue weighted by Gasteiger charge is 2.64. The van der Waals surface area contributed by atoms with Gasteiger partial charge in [0.2, 0.25) is 0 Å². The molecule has 0 radical (unpaired) electrons. The molecule has 2 rings (SSSR count). The Bertz CT molecular complexity index is 835. The van der Waals surface area contributed by atoms with Crippen molar-refractivity contribution < 1.29 is 36.8 Å². The second kappa shape index (κ2) is 8.19. The molecule has 1 amide bonds. The predicted molar refractivity (Wildman–Crippen MR) is 90.7 cm³/mol. The number of nitrogens with zero attached hydrogens (tertiary/aromatic N) is 1. The van der Waals surface area contributed by atoms with E-state index in [-0.39, 0.29) is 17.9 Å². The van der Waals surface area contributed by atoms with Crippen molar-refractivity contribution in [1.29, 1.82) is 0 Å². The second-order valence-corrected chi connectivity index (χ2v) is 5.60. The van der Waals surface area contributed by atoms with Crippen molar-refractivity contribution in [3.63, 3.8) is 0 Å². The first-order valence-corrected chi connectivity index (χ1v) is 8.05. The third-order valence-corrected chi connectivity index (χ3v) is 3.60. The van der Waals surface area contributed by atoms with Gasteiger partial charge in [0.25, 0.3) is 5.91 Å². The van der Waals surface area contributed by atoms with E-state index in [2.05, 4.69) is 9.89 Å². The van der Waals surface area contributed by atoms with Gasteiger partial charge in [-0.15, -0.1) is 0 Å². The van der Waals surface area contributed by atoms with Gasteiger partial charge in [-0.1, -0.05) is 5.16 Å². The zero-order chi connectivity index (χ0) is 20.9. The quantitative estimate of drug-likeness (QED) is 0.543. The summed E-state index contributed by atoms with van der Waals surface area (Å²) in [5.74, 6) is -2.71. The van der Waals surface area contributed by atoms with Gasteiger partial charge in [-0.25, -0.2) is 4.79 Å². The molecule has 0 fully saturated rings. The summed E-state index contributed by atoms with van der Waals surface area (Å²) in [5.41, 5.74) is -3.71. The minimum Gasteiger partial charge on any atom is -0.497 e. The van der Waals surface area contributed by atoms with Gasteiger partial charge in [-0.2, -0.15) is 13.2 Å². The summed E-state index contributed by atoms with van der Waals surface area (Å²) in [5, 5.41) is 6.99. The van der Waals surface area contributed by atoms with Crippen LogP contribution in [0.1, 0.15) is 23.0 Å². The van der Waals surface area contributed by atoms with Crippen molar-refractivity contribution in [3.8, 4) is 5.75 Å². The van der Waals surface area contributed by atoms with Gasteiger partial charge in [-0.3, -0.25) is 4.79 Å². The number of benzene rings is 1. The molecular formula is C17H18F3N3O5. The number of aromatic nitrogens is 1. The summed E-state index contributed by atoms with van der Waals surface area (Å²) >= 11 is 0. The molecule has 1 atom stereocenters. The van der Waals surface area contributed by atoms with Crippen LogP contribution in [0.25, 0.3) is 0 Å². The number of aryl methyl sites for hydroxylation is 1. The van der Waals surface area contributed by atoms with Crippen LogP contribution >= 0.6 is 0 Å². The number of ether oxygens (including phenoxy) is 2. The number of amides is 1. The van der Waals surface area contributed by atoms with Crippen molar-refractivity contribution in [2.24, 2.45) is 0 Å². The Morgan fingerprint density at radius 2 is 1.86 bits per heavy atom. The average Bonchev–Trinajstić information content (AvgIpc) is 3.05. The molecular weight excluding hydrogens is 383 g/mol. The van der Waals surface area contributed by atoms with E-state index < -0.39 is 29.5 Å². The van der Waals surface area contributed by atoms with Gasteiger partial charge >= 0.3 is 17.8 Å². The maximum absolute atomic E-state index is 14.0. The highest BCUT2D eigenvalue weighted by Crippen LogP contribution is 2.33. The van der Waals surface area contributed by atoms with Crippen LogP contribution in [0.2, 0.25) is 0 Å². The fraction of sp³-hybridized carbons (Fsp3) is 0.353. The highest BCUT2D eigenvalue weighted by atomic mass is 19.4. The van der Waals surface area contributed by atoms with Crippen LogP contribution in [0.15, 0.2) is 34.9 Å². The van der Waals surface area contributed by atoms with E-state index in [1.165, 1.54) is 45.2 Å². The van der Waals surface area contributed by atoms with Gasteiger partial charge in [0.05, 0.1) is 13.7 Å². The number of hydrogen-bond donors (Lipinski definition) is 2. The van der Waals surface area contributed by atoms with E-state index in [0.717, 1.165) is 6.07 Å². The fourth-order valence-corrected chi connectivity index (χ4v) is 2.23. The third kappa shape index (κ3) is 4.35. The minimum atomic E-state index is -5.27. The summed E-state index contributed by atoms with van der Waals surface area (Å²) in [7, 11) is 1.40. The monoisotopic (exact) mass is 401 g/mol. The molecule has 2 N–H and O–H groups in total. The molecule has 0 aliphatic heterocycles. The van der Waals surface area contributed by atoms with Crippen LogP contribution in [0.5, 0.6) is 5.75 Å². The van der Waals surface area contributed by atoms with Gasteiger partial charge in [-0.05, 0) is 38.1 Å². The number of nitrogens with one attached hydrogen (secondary N) is 2. The van der Waals surface area contributed by atoms with Crippen LogP contribution in [0.4, 0.5) is 19.0 Å². The van der Waals surface area contributed by atoms with Gasteiger partial charge < -0.3 is 24.6 Å². The van der Waals surface area contributed by atoms with Crippen LogP contribution in [0.3, 0.4) is 0 Å². The standard InChI is InChI=1S/C17H18F3N3O5/c1-4-27-15(25)16(17(18,19)20,21-13-9-10(2)28-23-13)22-14(24)11-5-7-12(26-3)8-6-11/h5-9H,4H2,1-3H3,(H,21,23)(H,22,24). The Morgan fingerprint density at radius 3 is 2.32 bits per heavy atom. The van der Waals surface area contributed by atoms with Crippen molar-refractivity contribution >= 4 is 17.7 Å². The predicted octanol–water partition coefficient (Wildman–Crippen LogP) is 2.66. The third-order valence-electron chi connectivity index (χ3n) is 3.60. The molecule has 1 aromatic carbocycles. The Kier molecular flexibility index (Phi) is 6.16. The summed E-state index contributed by atoms with van der Waals surface area (Å²) in [6.07, 6.45) is -5.27. The maximum atomic E-state index is 14.0. The smallest absolute Gasteiger partial charge is 0.441 e. The number of methoxy groups -OCH3 is 1. The number of carbonyl (C=O) groups excluding carboxylic acids is 2. The van der Waals surface area contributed by atoms with E-state index in [1.54, 1.807) is 5.32 Å². The molecule has 1 aromatic heterocycles. The molecule has 8 nitrogen and oxygen atoms in total. The molecule has 28 heavy (non-hydrogen) atoms. The Hall–Kier alpha value is -3.24. The molecule has 0 spiro atoms. The van der Waals surface area contributed by atoms with Crippen LogP contribution in [-0.2, 0) is 9.53 Å². The number of halogens is 3. The normalized spacial score (nSPS) is 13.4. The summed E-state index contributed by atoms with van der Waals surface area (Å²) < 4.78 is 56.2. The SMILES string of the molecule is CCOC(=O)C(NC(=O)c1ccc(OC)cc1)(Nc1cc(C)on1)C(F)(F)F. The zero-order valence-electron chi connectivity index (χ0n) is 15.2. The van der Waals surface area contributed by atoms with E-state index in [4.69, 9.17) is 9.26 Å². The summed E-state index contributed by atoms with van der Waals surface area (Å²) in [4.78, 5) is 24.8. The topological polar surface area (TPSA) is 103 Å². The Morgan fingerprint density at radius 1 is 1.21 bits per heavy atom. The van der Waals surface area contributed by atoms with E-state index >= 15 is 0 Å². The average molecular weight is 401 g/mol. The lowest BCUT2D eigenvalue weighted by molar-refractivity contribution is -0.204. The lowest BCUT2D eigenvalue weighted by Gasteiger charge is -2.34. The molecule has 0 aliphatic rings. The lowest BCUT2D eigenvalue weighted by atomic mass is 10.1. The molecule has 0 saturated carbocycles. The first kappa shape index (κ1) is 21.1. The van der Waals surface area contributed by atoms with Gasteiger partial charge in [0, 0.05) is 11.6 Å². The first-order valence-electron chi connectivity index (χ1n) is 8.05. The molecule has 2 aromatic rings. The second-order valence-electron chi connectivity index (χ2n) is 5.60. The Balaban J connectivity index is 2.44. The summed E-state index contributed by atoms with van der Waals surface area (Å²) in [6, 6.07) is 6.42. The van der Waals surface area contributed by atoms with Crippen molar-refractivity contribution in [2.75, 3.05) is 19.0 Å². The Labute approximate surface area is 158 Å². The van der Waals surface area contributed by atoms with Crippen molar-refractivity contribution in [1.82, 2.24) is 10.5 Å². The molecule has 152 valence electrons. The molecule has 1 unspecified atom stereocenters. The number of rotatable bonds is 7. The van der Waals surface area contributed by atoms with Crippen LogP contribution in [-0.4, -0.2) is 42.6 Å². The molecule has 0 bridgehead atoms. The fourth-order valence-electron chi connectivity index (χ4n) is 2.23. The lowest BCUT2D eigenvalue weighted by Crippen LogP contribution is -2.69. The number of carbonyl (C=O) groups is 2. The van der Waals surface area contributed by atoms with Crippen molar-refractivity contribution in [2.45, 2.75) is 25.7 Å². The van der Waals surface area contributed by atoms with Gasteiger partial charge in [0.15, 0.2) is 5.82 Å². The minimum absolute atomic E-state index is 0.128. The molecule has 0 saturated heterocycles. The number of esters is 1. The number of hydrogen-bond acceptors (Lipinski definition) is 7. The van der Waals surface area contributed by atoms with E-state index in [9.17, 15) is 22.8 Å². The van der Waals surface area contributed by atoms with Crippen LogP contribution in [0, 0.1) is 6.92 Å². The number of anilines is 1. The molecule has 11 heteroatoms. The van der Waals surface area contributed by atoms with E-state index in [1.807, 2.05) is 5.32 Å². The van der Waals surface area contributed by atoms with Crippen LogP contribution < -0.4 is 15.4 Å². The zero-order valence-corrected chi connectivity index (χ0v) is 15.2. The highest BCUT2D eigenvalue weighted by molar-refractivity contribution is 5.99. The largest absolute Gasteiger partial charge is 0.497 e. The number of alkyl halides is 3. The van der Waals surface area contributed by atoms with Crippen molar-refractivity contribution in [3.05, 3.63) is 41.7 Å².